The standard InChI is InChI=1S/C14H15ClFN/c15-12-5-4-11(8-13(12)16)9-14(10-17)6-2-1-3-7-14/h4-5,8H,1-3,6-7,9H2. The highest BCUT2D eigenvalue weighted by molar-refractivity contribution is 6.30. The molecule has 3 heteroatoms. The smallest absolute Gasteiger partial charge is 0.142 e. The molecule has 1 aromatic rings. The van der Waals surface area contributed by atoms with Crippen molar-refractivity contribution in [3.05, 3.63) is 34.6 Å². The van der Waals surface area contributed by atoms with Crippen molar-refractivity contribution in [2.45, 2.75) is 38.5 Å². The Labute approximate surface area is 106 Å². The van der Waals surface area contributed by atoms with Crippen LogP contribution in [-0.2, 0) is 6.42 Å². The first kappa shape index (κ1) is 12.4. The van der Waals surface area contributed by atoms with Crippen molar-refractivity contribution in [3.63, 3.8) is 0 Å². The zero-order chi connectivity index (χ0) is 12.3. The number of hydrogen-bond donors (Lipinski definition) is 0. The average Bonchev–Trinajstić information content (AvgIpc) is 2.35. The predicted octanol–water partition coefficient (Wildman–Crippen LogP) is 4.50. The van der Waals surface area contributed by atoms with Crippen LogP contribution in [0.2, 0.25) is 5.02 Å². The third kappa shape index (κ3) is 2.79. The van der Waals surface area contributed by atoms with Crippen LogP contribution in [0.1, 0.15) is 37.7 Å². The molecule has 1 nitrogen and oxygen atoms in total. The summed E-state index contributed by atoms with van der Waals surface area (Å²) in [6.07, 6.45) is 5.89. The highest BCUT2D eigenvalue weighted by atomic mass is 35.5. The number of halogens is 2. The summed E-state index contributed by atoms with van der Waals surface area (Å²) in [6.45, 7) is 0. The molecule has 0 aromatic heterocycles. The van der Waals surface area contributed by atoms with E-state index in [9.17, 15) is 9.65 Å². The van der Waals surface area contributed by atoms with E-state index in [-0.39, 0.29) is 10.4 Å². The van der Waals surface area contributed by atoms with E-state index < -0.39 is 5.82 Å². The number of nitriles is 1. The zero-order valence-electron chi connectivity index (χ0n) is 9.68. The minimum absolute atomic E-state index is 0.142. The Morgan fingerprint density at radius 3 is 2.59 bits per heavy atom. The van der Waals surface area contributed by atoms with Gasteiger partial charge < -0.3 is 0 Å². The second-order valence-electron chi connectivity index (χ2n) is 4.88. The molecule has 17 heavy (non-hydrogen) atoms. The summed E-state index contributed by atoms with van der Waals surface area (Å²) in [5.41, 5.74) is 0.578. The molecular formula is C14H15ClFN. The minimum Gasteiger partial charge on any atom is -0.205 e. The van der Waals surface area contributed by atoms with Gasteiger partial charge in [0.25, 0.3) is 0 Å². The SMILES string of the molecule is N#CC1(Cc2ccc(Cl)c(F)c2)CCCCC1. The van der Waals surface area contributed by atoms with E-state index in [0.717, 1.165) is 31.2 Å². The molecule has 0 N–H and O–H groups in total. The Bertz CT molecular complexity index is 444. The summed E-state index contributed by atoms with van der Waals surface area (Å²) in [4.78, 5) is 0. The average molecular weight is 252 g/mol. The molecule has 1 saturated carbocycles. The first-order valence-electron chi connectivity index (χ1n) is 6.00. The van der Waals surface area contributed by atoms with E-state index in [1.807, 2.05) is 6.07 Å². The van der Waals surface area contributed by atoms with Gasteiger partial charge in [0, 0.05) is 0 Å². The van der Waals surface area contributed by atoms with Crippen LogP contribution in [0.3, 0.4) is 0 Å². The van der Waals surface area contributed by atoms with E-state index in [0.29, 0.717) is 6.42 Å². The quantitative estimate of drug-likeness (QED) is 0.759. The van der Waals surface area contributed by atoms with Gasteiger partial charge in [-0.15, -0.1) is 0 Å². The first-order valence-corrected chi connectivity index (χ1v) is 6.38. The lowest BCUT2D eigenvalue weighted by Crippen LogP contribution is -2.24. The molecule has 0 aliphatic heterocycles. The van der Waals surface area contributed by atoms with Crippen molar-refractivity contribution < 1.29 is 4.39 Å². The molecule has 0 saturated heterocycles. The molecule has 1 fully saturated rings. The number of hydrogen-bond acceptors (Lipinski definition) is 1. The van der Waals surface area contributed by atoms with Crippen molar-refractivity contribution in [2.75, 3.05) is 0 Å². The summed E-state index contributed by atoms with van der Waals surface area (Å²) in [6, 6.07) is 7.29. The lowest BCUT2D eigenvalue weighted by Gasteiger charge is -2.30. The molecule has 1 aliphatic rings. The highest BCUT2D eigenvalue weighted by Gasteiger charge is 2.32. The maximum Gasteiger partial charge on any atom is 0.142 e. The second-order valence-corrected chi connectivity index (χ2v) is 5.29. The molecule has 0 unspecified atom stereocenters. The van der Waals surface area contributed by atoms with Crippen molar-refractivity contribution in [2.24, 2.45) is 5.41 Å². The van der Waals surface area contributed by atoms with E-state index in [4.69, 9.17) is 11.6 Å². The van der Waals surface area contributed by atoms with Crippen LogP contribution in [0.25, 0.3) is 0 Å². The summed E-state index contributed by atoms with van der Waals surface area (Å²) >= 11 is 5.65. The van der Waals surface area contributed by atoms with Crippen LogP contribution in [0.5, 0.6) is 0 Å². The van der Waals surface area contributed by atoms with Gasteiger partial charge in [0.1, 0.15) is 5.82 Å². The lowest BCUT2D eigenvalue weighted by molar-refractivity contribution is 0.265. The van der Waals surface area contributed by atoms with E-state index >= 15 is 0 Å². The van der Waals surface area contributed by atoms with Gasteiger partial charge in [-0.05, 0) is 37.0 Å². The molecule has 0 amide bonds. The first-order chi connectivity index (χ1) is 8.15. The third-order valence-electron chi connectivity index (χ3n) is 3.57. The molecule has 0 radical (unpaired) electrons. The lowest BCUT2D eigenvalue weighted by atomic mass is 9.71. The summed E-state index contributed by atoms with van der Waals surface area (Å²) in [5, 5.41) is 9.50. The molecule has 1 aliphatic carbocycles. The van der Waals surface area contributed by atoms with Gasteiger partial charge in [-0.3, -0.25) is 0 Å². The monoisotopic (exact) mass is 251 g/mol. The fraction of sp³-hybridized carbons (Fsp3) is 0.500. The normalized spacial score (nSPS) is 18.6. The molecule has 0 atom stereocenters. The van der Waals surface area contributed by atoms with E-state index in [2.05, 4.69) is 6.07 Å². The topological polar surface area (TPSA) is 23.8 Å². The van der Waals surface area contributed by atoms with Gasteiger partial charge in [0.2, 0.25) is 0 Å². The molecule has 0 bridgehead atoms. The molecule has 0 heterocycles. The fourth-order valence-electron chi connectivity index (χ4n) is 2.60. The second kappa shape index (κ2) is 5.06. The summed E-state index contributed by atoms with van der Waals surface area (Å²) in [5.74, 6) is -0.395. The molecule has 90 valence electrons. The van der Waals surface area contributed by atoms with Gasteiger partial charge in [0.05, 0.1) is 16.5 Å². The van der Waals surface area contributed by atoms with Crippen LogP contribution in [0.4, 0.5) is 4.39 Å². The summed E-state index contributed by atoms with van der Waals surface area (Å²) < 4.78 is 13.3. The number of benzene rings is 1. The van der Waals surface area contributed by atoms with Gasteiger partial charge in [-0.25, -0.2) is 4.39 Å². The highest BCUT2D eigenvalue weighted by Crippen LogP contribution is 2.38. The number of rotatable bonds is 2. The molecule has 2 rings (SSSR count). The van der Waals surface area contributed by atoms with Gasteiger partial charge >= 0.3 is 0 Å². The Kier molecular flexibility index (Phi) is 3.69. The number of nitrogens with zero attached hydrogens (tertiary/aromatic N) is 1. The zero-order valence-corrected chi connectivity index (χ0v) is 10.4. The van der Waals surface area contributed by atoms with E-state index in [1.54, 1.807) is 6.07 Å². The van der Waals surface area contributed by atoms with Crippen molar-refractivity contribution in [1.29, 1.82) is 5.26 Å². The van der Waals surface area contributed by atoms with Crippen LogP contribution in [-0.4, -0.2) is 0 Å². The van der Waals surface area contributed by atoms with Gasteiger partial charge in [0.15, 0.2) is 0 Å². The van der Waals surface area contributed by atoms with Crippen LogP contribution in [0, 0.1) is 22.6 Å². The molecular weight excluding hydrogens is 237 g/mol. The molecule has 1 aromatic carbocycles. The maximum absolute atomic E-state index is 13.3. The largest absolute Gasteiger partial charge is 0.205 e. The van der Waals surface area contributed by atoms with Crippen molar-refractivity contribution in [1.82, 2.24) is 0 Å². The van der Waals surface area contributed by atoms with Gasteiger partial charge in [-0.2, -0.15) is 5.26 Å². The molecule has 0 spiro atoms. The van der Waals surface area contributed by atoms with Crippen LogP contribution >= 0.6 is 11.6 Å². The minimum atomic E-state index is -0.395. The van der Waals surface area contributed by atoms with Gasteiger partial charge in [-0.1, -0.05) is 36.9 Å². The third-order valence-corrected chi connectivity index (χ3v) is 3.88. The Morgan fingerprint density at radius 1 is 1.29 bits per heavy atom. The Balaban J connectivity index is 2.18. The van der Waals surface area contributed by atoms with Crippen LogP contribution in [0.15, 0.2) is 18.2 Å². The Morgan fingerprint density at radius 2 is 2.00 bits per heavy atom. The maximum atomic E-state index is 13.3. The summed E-state index contributed by atoms with van der Waals surface area (Å²) in [7, 11) is 0. The van der Waals surface area contributed by atoms with Crippen LogP contribution < -0.4 is 0 Å². The van der Waals surface area contributed by atoms with Crippen molar-refractivity contribution >= 4 is 11.6 Å². The fourth-order valence-corrected chi connectivity index (χ4v) is 2.71. The Hall–Kier alpha value is -1.07. The van der Waals surface area contributed by atoms with E-state index in [1.165, 1.54) is 12.5 Å². The predicted molar refractivity (Wildman–Crippen MR) is 66.2 cm³/mol. The van der Waals surface area contributed by atoms with Crippen molar-refractivity contribution in [3.8, 4) is 6.07 Å².